The number of nitrogens with two attached hydrogens (primary N) is 1. The number of rotatable bonds is 5. The van der Waals surface area contributed by atoms with Crippen LogP contribution in [0.25, 0.3) is 33.3 Å². The highest BCUT2D eigenvalue weighted by Gasteiger charge is 2.26. The van der Waals surface area contributed by atoms with Gasteiger partial charge >= 0.3 is 0 Å². The van der Waals surface area contributed by atoms with Gasteiger partial charge < -0.3 is 10.5 Å². The van der Waals surface area contributed by atoms with Crippen LogP contribution in [0.3, 0.4) is 0 Å². The molecule has 0 spiro atoms. The zero-order valence-electron chi connectivity index (χ0n) is 20.0. The van der Waals surface area contributed by atoms with Crippen LogP contribution < -0.4 is 10.5 Å². The van der Waals surface area contributed by atoms with Crippen LogP contribution in [0.4, 0.5) is 23.2 Å². The molecule has 11 heteroatoms. The largest absolute Gasteiger partial charge is 0.493 e. The van der Waals surface area contributed by atoms with Crippen molar-refractivity contribution in [2.75, 3.05) is 12.8 Å². The third-order valence-electron chi connectivity index (χ3n) is 6.09. The number of nitrogens with zero attached hydrogens (tertiary/aromatic N) is 2. The summed E-state index contributed by atoms with van der Waals surface area (Å²) in [6, 6.07) is 10.8. The molecule has 38 heavy (non-hydrogen) atoms. The summed E-state index contributed by atoms with van der Waals surface area (Å²) in [5, 5.41) is 0.115. The minimum absolute atomic E-state index is 0.0489. The van der Waals surface area contributed by atoms with Gasteiger partial charge in [0.15, 0.2) is 17.2 Å². The van der Waals surface area contributed by atoms with E-state index in [1.807, 2.05) is 0 Å². The Bertz CT molecular complexity index is 1840. The van der Waals surface area contributed by atoms with Crippen molar-refractivity contribution < 1.29 is 30.7 Å². The first-order valence-electron chi connectivity index (χ1n) is 11.1. The Kier molecular flexibility index (Phi) is 6.10. The lowest BCUT2D eigenvalue weighted by molar-refractivity contribution is 0.386. The van der Waals surface area contributed by atoms with Gasteiger partial charge in [-0.15, -0.1) is 0 Å². The molecule has 0 bridgehead atoms. The molecule has 6 nitrogen and oxygen atoms in total. The van der Waals surface area contributed by atoms with E-state index >= 15 is 0 Å². The molecule has 3 aromatic carbocycles. The lowest BCUT2D eigenvalue weighted by Crippen LogP contribution is -2.12. The van der Waals surface area contributed by atoms with E-state index in [0.29, 0.717) is 12.1 Å². The summed E-state index contributed by atoms with van der Waals surface area (Å²) in [5.41, 5.74) is 6.05. The highest BCUT2D eigenvalue weighted by molar-refractivity contribution is 7.90. The Morgan fingerprint density at radius 2 is 1.58 bits per heavy atom. The Morgan fingerprint density at radius 1 is 0.868 bits per heavy atom. The van der Waals surface area contributed by atoms with Gasteiger partial charge in [0.05, 0.1) is 17.7 Å². The molecular formula is C27H19F4N3O3S. The van der Waals surface area contributed by atoms with Crippen LogP contribution in [0.15, 0.2) is 71.9 Å². The van der Waals surface area contributed by atoms with Gasteiger partial charge in [-0.2, -0.15) is 0 Å². The van der Waals surface area contributed by atoms with E-state index in [9.17, 15) is 26.0 Å². The molecule has 2 aromatic heterocycles. The van der Waals surface area contributed by atoms with Crippen LogP contribution in [0.1, 0.15) is 5.56 Å². The number of nitrogen functional groups attached to an aromatic ring is 1. The van der Waals surface area contributed by atoms with Crippen molar-refractivity contribution in [3.05, 3.63) is 95.8 Å². The van der Waals surface area contributed by atoms with Crippen LogP contribution in [0.2, 0.25) is 0 Å². The summed E-state index contributed by atoms with van der Waals surface area (Å²) in [5.74, 6) is -4.15. The predicted molar refractivity (Wildman–Crippen MR) is 135 cm³/mol. The third-order valence-corrected chi connectivity index (χ3v) is 7.75. The summed E-state index contributed by atoms with van der Waals surface area (Å²) in [4.78, 5) is 4.21. The normalized spacial score (nSPS) is 11.7. The highest BCUT2D eigenvalue weighted by atomic mass is 32.2. The highest BCUT2D eigenvalue weighted by Crippen LogP contribution is 2.40. The van der Waals surface area contributed by atoms with E-state index in [0.717, 1.165) is 21.7 Å². The number of methoxy groups -OCH3 is 1. The van der Waals surface area contributed by atoms with E-state index in [1.165, 1.54) is 37.7 Å². The summed E-state index contributed by atoms with van der Waals surface area (Å²) in [6.45, 7) is 1.80. The van der Waals surface area contributed by atoms with Gasteiger partial charge in [0, 0.05) is 52.2 Å². The lowest BCUT2D eigenvalue weighted by Gasteiger charge is -2.10. The second kappa shape index (κ2) is 9.18. The zero-order chi connectivity index (χ0) is 27.4. The van der Waals surface area contributed by atoms with Crippen molar-refractivity contribution in [2.24, 2.45) is 0 Å². The van der Waals surface area contributed by atoms with Gasteiger partial charge in [0.2, 0.25) is 0 Å². The molecule has 0 saturated heterocycles. The van der Waals surface area contributed by atoms with E-state index in [2.05, 4.69) is 4.98 Å². The summed E-state index contributed by atoms with van der Waals surface area (Å²) >= 11 is 0. The first kappa shape index (κ1) is 25.3. The summed E-state index contributed by atoms with van der Waals surface area (Å²) in [6.07, 6.45) is 2.37. The van der Waals surface area contributed by atoms with E-state index in [4.69, 9.17) is 10.5 Å². The number of halogens is 4. The lowest BCUT2D eigenvalue weighted by atomic mass is 10.0. The number of anilines is 1. The predicted octanol–water partition coefficient (Wildman–Crippen LogP) is 6.06. The fraction of sp³-hybridized carbons (Fsp3) is 0.0741. The zero-order valence-corrected chi connectivity index (χ0v) is 20.8. The van der Waals surface area contributed by atoms with Crippen LogP contribution in [-0.2, 0) is 10.0 Å². The molecule has 0 saturated carbocycles. The molecule has 0 aliphatic rings. The van der Waals surface area contributed by atoms with E-state index in [1.54, 1.807) is 19.1 Å². The van der Waals surface area contributed by atoms with Crippen molar-refractivity contribution in [1.82, 2.24) is 8.96 Å². The molecule has 2 N–H and O–H groups in total. The standard InChI is InChI=1S/C27H19F4N3O3S/c1-14-3-5-17(6-4-14)38(35,36)34-13-21(19-8-16(28)9-24(31)26(19)37-2)20-7-15(12-33-27(20)34)18-10-25(32)23(30)11-22(18)29/h3-13H,32H2,1-2H3. The molecule has 0 aliphatic carbocycles. The number of pyridine rings is 1. The number of aromatic nitrogens is 2. The summed E-state index contributed by atoms with van der Waals surface area (Å²) in [7, 11) is -3.04. The first-order valence-corrected chi connectivity index (χ1v) is 12.6. The van der Waals surface area contributed by atoms with Crippen LogP contribution in [0, 0.1) is 30.2 Å². The maximum Gasteiger partial charge on any atom is 0.269 e. The third kappa shape index (κ3) is 4.14. The molecule has 0 radical (unpaired) electrons. The molecule has 0 amide bonds. The van der Waals surface area contributed by atoms with Crippen molar-refractivity contribution in [1.29, 1.82) is 0 Å². The van der Waals surface area contributed by atoms with Crippen molar-refractivity contribution in [3.63, 3.8) is 0 Å². The first-order chi connectivity index (χ1) is 18.0. The molecule has 5 rings (SSSR count). The molecule has 0 fully saturated rings. The maximum atomic E-state index is 14.7. The Labute approximate surface area is 215 Å². The van der Waals surface area contributed by atoms with E-state index < -0.39 is 33.3 Å². The summed E-state index contributed by atoms with van der Waals surface area (Å²) < 4.78 is 90.6. The average Bonchev–Trinajstić information content (AvgIpc) is 3.25. The van der Waals surface area contributed by atoms with Crippen molar-refractivity contribution in [2.45, 2.75) is 11.8 Å². The molecular weight excluding hydrogens is 522 g/mol. The van der Waals surface area contributed by atoms with Crippen LogP contribution in [-0.4, -0.2) is 24.5 Å². The van der Waals surface area contributed by atoms with Crippen LogP contribution >= 0.6 is 0 Å². The van der Waals surface area contributed by atoms with Gasteiger partial charge in [-0.1, -0.05) is 17.7 Å². The second-order valence-electron chi connectivity index (χ2n) is 8.57. The molecule has 0 atom stereocenters. The number of fused-ring (bicyclic) bond motifs is 1. The van der Waals surface area contributed by atoms with Gasteiger partial charge in [-0.05, 0) is 37.3 Å². The topological polar surface area (TPSA) is 87.2 Å². The number of hydrogen-bond donors (Lipinski definition) is 1. The number of hydrogen-bond acceptors (Lipinski definition) is 5. The number of aryl methyl sites for hydroxylation is 1. The number of ether oxygens (including phenoxy) is 1. The molecule has 5 aromatic rings. The van der Waals surface area contributed by atoms with Gasteiger partial charge in [0.25, 0.3) is 10.0 Å². The fourth-order valence-electron chi connectivity index (χ4n) is 4.20. The SMILES string of the molecule is COc1c(F)cc(F)cc1-c1cn(S(=O)(=O)c2ccc(C)cc2)c2ncc(-c3cc(N)c(F)cc3F)cc12. The Balaban J connectivity index is 1.85. The molecule has 0 unspecified atom stereocenters. The maximum absolute atomic E-state index is 14.7. The molecule has 194 valence electrons. The quantitative estimate of drug-likeness (QED) is 0.216. The minimum Gasteiger partial charge on any atom is -0.493 e. The van der Waals surface area contributed by atoms with E-state index in [-0.39, 0.29) is 49.6 Å². The van der Waals surface area contributed by atoms with Gasteiger partial charge in [-0.25, -0.2) is 34.9 Å². The Morgan fingerprint density at radius 3 is 2.26 bits per heavy atom. The van der Waals surface area contributed by atoms with Gasteiger partial charge in [0.1, 0.15) is 17.5 Å². The number of benzene rings is 3. The monoisotopic (exact) mass is 541 g/mol. The average molecular weight is 542 g/mol. The van der Waals surface area contributed by atoms with Crippen molar-refractivity contribution in [3.8, 4) is 28.0 Å². The molecule has 0 aliphatic heterocycles. The van der Waals surface area contributed by atoms with Gasteiger partial charge in [-0.3, -0.25) is 0 Å². The second-order valence-corrected chi connectivity index (χ2v) is 10.4. The smallest absolute Gasteiger partial charge is 0.269 e. The van der Waals surface area contributed by atoms with Crippen LogP contribution in [0.5, 0.6) is 5.75 Å². The minimum atomic E-state index is -4.23. The fourth-order valence-corrected chi connectivity index (χ4v) is 5.53. The Hall–Kier alpha value is -4.38. The van der Waals surface area contributed by atoms with Crippen molar-refractivity contribution >= 4 is 26.7 Å². The molecule has 2 heterocycles.